The quantitative estimate of drug-likeness (QED) is 0.329. The third kappa shape index (κ3) is 7.20. The van der Waals surface area contributed by atoms with Crippen LogP contribution in [0.2, 0.25) is 0 Å². The van der Waals surface area contributed by atoms with Crippen molar-refractivity contribution in [2.24, 2.45) is 0 Å². The van der Waals surface area contributed by atoms with Gasteiger partial charge in [-0.15, -0.1) is 0 Å². The van der Waals surface area contributed by atoms with Crippen LogP contribution in [0.3, 0.4) is 0 Å². The Morgan fingerprint density at radius 1 is 0.929 bits per heavy atom. The highest BCUT2D eigenvalue weighted by Gasteiger charge is 2.34. The second-order valence-electron chi connectivity index (χ2n) is 10.0. The molecule has 224 valence electrons. The highest BCUT2D eigenvalue weighted by atomic mass is 32.2. The van der Waals surface area contributed by atoms with Gasteiger partial charge in [0, 0.05) is 18.7 Å². The van der Waals surface area contributed by atoms with Crippen LogP contribution in [0.1, 0.15) is 39.2 Å². The average Bonchev–Trinajstić information content (AvgIpc) is 3.00. The van der Waals surface area contributed by atoms with Gasteiger partial charge in [-0.2, -0.15) is 0 Å². The Bertz CT molecular complexity index is 1480. The molecule has 11 heteroatoms. The van der Waals surface area contributed by atoms with E-state index < -0.39 is 34.3 Å². The second kappa shape index (κ2) is 13.7. The summed E-state index contributed by atoms with van der Waals surface area (Å²) in [5, 5.41) is 2.95. The summed E-state index contributed by atoms with van der Waals surface area (Å²) in [5.41, 5.74) is 0.875. The highest BCUT2D eigenvalue weighted by molar-refractivity contribution is 7.92. The molecule has 4 rings (SSSR count). The number of carbonyl (C=O) groups excluding carboxylic acids is 2. The van der Waals surface area contributed by atoms with Gasteiger partial charge >= 0.3 is 0 Å². The zero-order chi connectivity index (χ0) is 30.3. The lowest BCUT2D eigenvalue weighted by Gasteiger charge is -2.33. The van der Waals surface area contributed by atoms with E-state index in [1.54, 1.807) is 6.92 Å². The monoisotopic (exact) mass is 597 g/mol. The Morgan fingerprint density at radius 2 is 1.60 bits per heavy atom. The molecule has 0 unspecified atom stereocenters. The summed E-state index contributed by atoms with van der Waals surface area (Å²) in [4.78, 5) is 28.7. The number of rotatable bonds is 12. The van der Waals surface area contributed by atoms with E-state index in [2.05, 4.69) is 5.32 Å². The van der Waals surface area contributed by atoms with Crippen molar-refractivity contribution in [2.45, 2.75) is 57.1 Å². The van der Waals surface area contributed by atoms with Gasteiger partial charge in [-0.25, -0.2) is 12.8 Å². The predicted molar refractivity (Wildman–Crippen MR) is 157 cm³/mol. The maximum atomic E-state index is 14.1. The minimum absolute atomic E-state index is 0.0907. The third-order valence-corrected chi connectivity index (χ3v) is 8.85. The number of carbonyl (C=O) groups is 2. The number of nitrogens with one attached hydrogen (secondary N) is 1. The number of hydrogen-bond acceptors (Lipinski definition) is 6. The number of halogens is 1. The molecule has 0 aliphatic carbocycles. The molecular weight excluding hydrogens is 561 g/mol. The van der Waals surface area contributed by atoms with E-state index >= 15 is 0 Å². The van der Waals surface area contributed by atoms with E-state index in [1.807, 2.05) is 44.2 Å². The first-order valence-electron chi connectivity index (χ1n) is 14.0. The normalized spacial score (nSPS) is 14.0. The molecule has 0 bridgehead atoms. The number of benzene rings is 3. The molecule has 1 heterocycles. The van der Waals surface area contributed by atoms with Gasteiger partial charge < -0.3 is 19.7 Å². The molecule has 9 nitrogen and oxygen atoms in total. The van der Waals surface area contributed by atoms with Crippen LogP contribution in [0.4, 0.5) is 10.1 Å². The smallest absolute Gasteiger partial charge is 0.264 e. The summed E-state index contributed by atoms with van der Waals surface area (Å²) in [6.07, 6.45) is 1.02. The first-order chi connectivity index (χ1) is 20.1. The van der Waals surface area contributed by atoms with Crippen molar-refractivity contribution in [1.29, 1.82) is 0 Å². The lowest BCUT2D eigenvalue weighted by Crippen LogP contribution is -2.53. The van der Waals surface area contributed by atoms with Crippen molar-refractivity contribution in [2.75, 3.05) is 24.1 Å². The van der Waals surface area contributed by atoms with E-state index in [0.29, 0.717) is 25.2 Å². The van der Waals surface area contributed by atoms with Crippen molar-refractivity contribution in [3.8, 4) is 11.5 Å². The molecule has 1 aliphatic heterocycles. The topological polar surface area (TPSA) is 105 Å². The van der Waals surface area contributed by atoms with Crippen molar-refractivity contribution < 1.29 is 31.9 Å². The molecule has 0 saturated heterocycles. The lowest BCUT2D eigenvalue weighted by molar-refractivity contribution is -0.140. The molecule has 1 aliphatic rings. The number of anilines is 1. The van der Waals surface area contributed by atoms with E-state index in [4.69, 9.17) is 9.47 Å². The average molecular weight is 598 g/mol. The van der Waals surface area contributed by atoms with E-state index in [1.165, 1.54) is 35.2 Å². The second-order valence-corrected chi connectivity index (χ2v) is 11.9. The van der Waals surface area contributed by atoms with E-state index in [9.17, 15) is 22.4 Å². The Kier molecular flexibility index (Phi) is 10.1. The molecule has 0 spiro atoms. The Morgan fingerprint density at radius 3 is 2.24 bits per heavy atom. The number of hydrogen-bond donors (Lipinski definition) is 1. The predicted octanol–water partition coefficient (Wildman–Crippen LogP) is 4.51. The van der Waals surface area contributed by atoms with Crippen LogP contribution in [-0.4, -0.2) is 57.0 Å². The molecule has 2 amide bonds. The van der Waals surface area contributed by atoms with Crippen LogP contribution in [0.25, 0.3) is 0 Å². The summed E-state index contributed by atoms with van der Waals surface area (Å²) in [6, 6.07) is 17.3. The van der Waals surface area contributed by atoms with Crippen LogP contribution >= 0.6 is 0 Å². The van der Waals surface area contributed by atoms with Gasteiger partial charge in [0.2, 0.25) is 11.8 Å². The Labute approximate surface area is 246 Å². The molecule has 3 aromatic rings. The minimum atomic E-state index is -4.35. The van der Waals surface area contributed by atoms with Crippen LogP contribution in [0, 0.1) is 5.82 Å². The summed E-state index contributed by atoms with van der Waals surface area (Å²) in [6.45, 7) is 5.70. The summed E-state index contributed by atoms with van der Waals surface area (Å²) in [5.74, 6) is -0.780. The third-order valence-electron chi connectivity index (χ3n) is 7.08. The van der Waals surface area contributed by atoms with E-state index in [0.717, 1.165) is 22.0 Å². The van der Waals surface area contributed by atoms with Gasteiger partial charge in [0.25, 0.3) is 10.0 Å². The van der Waals surface area contributed by atoms with Crippen LogP contribution in [0.15, 0.2) is 77.7 Å². The standard InChI is InChI=1S/C31H36FN3O6S/c1-4-22(3)33-31(37)27(5-2)34(20-23-9-7-6-8-10-23)30(36)21-35(25-13-11-24(32)12-14-25)42(38,39)26-15-16-28-29(19-26)41-18-17-40-28/h6-16,19,22,27H,4-5,17-18,20-21H2,1-3H3,(H,33,37)/t22-,27-/m1/s1. The van der Waals surface area contributed by atoms with Crippen molar-refractivity contribution in [1.82, 2.24) is 10.2 Å². The zero-order valence-corrected chi connectivity index (χ0v) is 24.8. The molecular formula is C31H36FN3O6S. The van der Waals surface area contributed by atoms with Gasteiger partial charge in [-0.05, 0) is 61.7 Å². The fourth-order valence-electron chi connectivity index (χ4n) is 4.59. The lowest BCUT2D eigenvalue weighted by atomic mass is 10.1. The van der Waals surface area contributed by atoms with Crippen molar-refractivity contribution >= 4 is 27.5 Å². The minimum Gasteiger partial charge on any atom is -0.486 e. The molecule has 0 aromatic heterocycles. The molecule has 1 N–H and O–H groups in total. The molecule has 0 saturated carbocycles. The van der Waals surface area contributed by atoms with Gasteiger partial charge in [0.15, 0.2) is 11.5 Å². The van der Waals surface area contributed by atoms with Gasteiger partial charge in [-0.1, -0.05) is 44.2 Å². The fraction of sp³-hybridized carbons (Fsp3) is 0.355. The Balaban J connectivity index is 1.73. The molecule has 3 aromatic carbocycles. The largest absolute Gasteiger partial charge is 0.486 e. The first-order valence-corrected chi connectivity index (χ1v) is 15.4. The number of amides is 2. The summed E-state index contributed by atoms with van der Waals surface area (Å²) in [7, 11) is -4.35. The van der Waals surface area contributed by atoms with Crippen molar-refractivity contribution in [3.05, 3.63) is 84.2 Å². The number of sulfonamides is 1. The van der Waals surface area contributed by atoms with Crippen LogP contribution < -0.4 is 19.1 Å². The fourth-order valence-corrected chi connectivity index (χ4v) is 6.02. The van der Waals surface area contributed by atoms with Gasteiger partial charge in [-0.3, -0.25) is 13.9 Å². The number of fused-ring (bicyclic) bond motifs is 1. The maximum Gasteiger partial charge on any atom is 0.264 e. The number of nitrogens with zero attached hydrogens (tertiary/aromatic N) is 2. The van der Waals surface area contributed by atoms with Gasteiger partial charge in [0.1, 0.15) is 31.6 Å². The zero-order valence-electron chi connectivity index (χ0n) is 24.0. The van der Waals surface area contributed by atoms with Crippen LogP contribution in [0.5, 0.6) is 11.5 Å². The summed E-state index contributed by atoms with van der Waals surface area (Å²) >= 11 is 0. The number of ether oxygens (including phenoxy) is 2. The molecule has 0 fully saturated rings. The maximum absolute atomic E-state index is 14.1. The molecule has 42 heavy (non-hydrogen) atoms. The first kappa shape index (κ1) is 30.8. The molecule has 0 radical (unpaired) electrons. The van der Waals surface area contributed by atoms with Gasteiger partial charge in [0.05, 0.1) is 10.6 Å². The molecule has 2 atom stereocenters. The summed E-state index contributed by atoms with van der Waals surface area (Å²) < 4.78 is 54.0. The SMILES string of the molecule is CC[C@@H](C)NC(=O)[C@@H](CC)N(Cc1ccccc1)C(=O)CN(c1ccc(F)cc1)S(=O)(=O)c1ccc2c(c1)OCCO2. The van der Waals surface area contributed by atoms with E-state index in [-0.39, 0.29) is 41.4 Å². The van der Waals surface area contributed by atoms with Crippen LogP contribution in [-0.2, 0) is 26.2 Å². The Hall–Kier alpha value is -4.12. The van der Waals surface area contributed by atoms with Crippen molar-refractivity contribution in [3.63, 3.8) is 0 Å². The highest BCUT2D eigenvalue weighted by Crippen LogP contribution is 2.34.